The van der Waals surface area contributed by atoms with E-state index in [0.29, 0.717) is 22.9 Å². The molecule has 1 atom stereocenters. The van der Waals surface area contributed by atoms with Gasteiger partial charge in [-0.25, -0.2) is 9.37 Å². The number of aliphatic imine (C=N–C) groups is 1. The van der Waals surface area contributed by atoms with Crippen molar-refractivity contribution in [2.75, 3.05) is 0 Å². The van der Waals surface area contributed by atoms with Crippen LogP contribution in [0.2, 0.25) is 5.02 Å². The van der Waals surface area contributed by atoms with Crippen molar-refractivity contribution in [1.29, 1.82) is 0 Å². The average Bonchev–Trinajstić information content (AvgIpc) is 3.28. The zero-order chi connectivity index (χ0) is 17.4. The lowest BCUT2D eigenvalue weighted by Gasteiger charge is -2.25. The van der Waals surface area contributed by atoms with E-state index in [0.717, 1.165) is 10.7 Å². The van der Waals surface area contributed by atoms with Gasteiger partial charge in [0.15, 0.2) is 10.8 Å². The number of hydrogen-bond donors (Lipinski definition) is 1. The Kier molecular flexibility index (Phi) is 4.06. The van der Waals surface area contributed by atoms with E-state index in [2.05, 4.69) is 20.5 Å². The molecule has 2 aromatic heterocycles. The van der Waals surface area contributed by atoms with Crippen molar-refractivity contribution in [3.05, 3.63) is 69.2 Å². The summed E-state index contributed by atoms with van der Waals surface area (Å²) in [5.74, 6) is 0.533. The molecule has 0 amide bonds. The molecule has 3 aromatic rings. The summed E-state index contributed by atoms with van der Waals surface area (Å²) in [5.41, 5.74) is 2.12. The molecular weight excluding hydrogens is 365 g/mol. The van der Waals surface area contributed by atoms with E-state index >= 15 is 0 Å². The van der Waals surface area contributed by atoms with Gasteiger partial charge in [0, 0.05) is 27.9 Å². The van der Waals surface area contributed by atoms with Crippen LogP contribution in [0.3, 0.4) is 0 Å². The third-order valence-corrected chi connectivity index (χ3v) is 4.83. The maximum absolute atomic E-state index is 13.5. The lowest BCUT2D eigenvalue weighted by Crippen LogP contribution is -2.29. The van der Waals surface area contributed by atoms with Crippen LogP contribution in [0.4, 0.5) is 4.39 Å². The lowest BCUT2D eigenvalue weighted by molar-refractivity contribution is 0.531. The molecule has 0 fully saturated rings. The maximum atomic E-state index is 13.5. The monoisotopic (exact) mass is 375 g/mol. The van der Waals surface area contributed by atoms with Crippen molar-refractivity contribution in [1.82, 2.24) is 20.5 Å². The number of rotatable bonds is 3. The molecule has 9 heteroatoms. The van der Waals surface area contributed by atoms with Gasteiger partial charge in [-0.1, -0.05) is 17.7 Å². The minimum Gasteiger partial charge on any atom is -0.424 e. The Labute approximate surface area is 151 Å². The van der Waals surface area contributed by atoms with Crippen LogP contribution in [0.1, 0.15) is 29.4 Å². The van der Waals surface area contributed by atoms with Crippen molar-refractivity contribution in [2.24, 2.45) is 4.99 Å². The first kappa shape index (κ1) is 15.9. The summed E-state index contributed by atoms with van der Waals surface area (Å²) in [6.45, 7) is 1.88. The van der Waals surface area contributed by atoms with Crippen LogP contribution in [-0.2, 0) is 0 Å². The quantitative estimate of drug-likeness (QED) is 0.752. The standard InChI is InChI=1S/C16H11ClFN5OS/c1-8-12(15-23-20-7-24-15)13(10-3-2-9(18)6-11(10)17)22-14(21-8)16-19-4-5-25-16/h2-7,13H,1H3,(H,21,22). The molecule has 1 aliphatic rings. The minimum absolute atomic E-state index is 0.277. The van der Waals surface area contributed by atoms with Crippen LogP contribution in [-0.4, -0.2) is 21.0 Å². The number of thiazole rings is 1. The van der Waals surface area contributed by atoms with E-state index in [1.807, 2.05) is 12.3 Å². The number of amidine groups is 1. The third kappa shape index (κ3) is 2.94. The second kappa shape index (κ2) is 6.38. The van der Waals surface area contributed by atoms with Crippen LogP contribution in [0.15, 0.2) is 51.3 Å². The van der Waals surface area contributed by atoms with E-state index in [-0.39, 0.29) is 5.02 Å². The fourth-order valence-electron chi connectivity index (χ4n) is 2.64. The van der Waals surface area contributed by atoms with Gasteiger partial charge in [0.2, 0.25) is 12.3 Å². The maximum Gasteiger partial charge on any atom is 0.247 e. The largest absolute Gasteiger partial charge is 0.424 e. The number of nitrogens with zero attached hydrogens (tertiary/aromatic N) is 4. The van der Waals surface area contributed by atoms with Crippen LogP contribution in [0.5, 0.6) is 0 Å². The van der Waals surface area contributed by atoms with Gasteiger partial charge in [-0.2, -0.15) is 0 Å². The molecule has 0 aliphatic carbocycles. The van der Waals surface area contributed by atoms with Gasteiger partial charge >= 0.3 is 0 Å². The van der Waals surface area contributed by atoms with Gasteiger partial charge in [-0.05, 0) is 19.1 Å². The van der Waals surface area contributed by atoms with Gasteiger partial charge in [-0.15, -0.1) is 21.5 Å². The number of nitrogens with one attached hydrogen (secondary N) is 1. The highest BCUT2D eigenvalue weighted by Crippen LogP contribution is 2.40. The van der Waals surface area contributed by atoms with Crippen LogP contribution in [0.25, 0.3) is 5.57 Å². The zero-order valence-electron chi connectivity index (χ0n) is 12.9. The normalized spacial score (nSPS) is 17.4. The molecule has 1 N–H and O–H groups in total. The van der Waals surface area contributed by atoms with Crippen LogP contribution < -0.4 is 5.32 Å². The molecule has 126 valence electrons. The Morgan fingerprint density at radius 2 is 2.24 bits per heavy atom. The number of benzene rings is 1. The molecule has 1 aliphatic heterocycles. The van der Waals surface area contributed by atoms with E-state index < -0.39 is 11.9 Å². The Bertz CT molecular complexity index is 969. The van der Waals surface area contributed by atoms with Gasteiger partial charge < -0.3 is 9.73 Å². The lowest BCUT2D eigenvalue weighted by atomic mass is 9.96. The van der Waals surface area contributed by atoms with Crippen molar-refractivity contribution in [3.63, 3.8) is 0 Å². The van der Waals surface area contributed by atoms with E-state index in [1.165, 1.54) is 29.9 Å². The molecule has 4 rings (SSSR count). The highest BCUT2D eigenvalue weighted by Gasteiger charge is 2.31. The molecule has 0 saturated heterocycles. The zero-order valence-corrected chi connectivity index (χ0v) is 14.5. The molecule has 0 spiro atoms. The molecule has 3 heterocycles. The van der Waals surface area contributed by atoms with E-state index in [4.69, 9.17) is 21.0 Å². The highest BCUT2D eigenvalue weighted by atomic mass is 35.5. The second-order valence-corrected chi connectivity index (χ2v) is 6.59. The van der Waals surface area contributed by atoms with Crippen molar-refractivity contribution < 1.29 is 8.81 Å². The van der Waals surface area contributed by atoms with Gasteiger partial charge in [0.1, 0.15) is 11.9 Å². The topological polar surface area (TPSA) is 76.2 Å². The first-order valence-corrected chi connectivity index (χ1v) is 8.56. The number of hydrogen-bond acceptors (Lipinski definition) is 7. The Balaban J connectivity index is 1.88. The summed E-state index contributed by atoms with van der Waals surface area (Å²) in [5, 5.41) is 13.8. The van der Waals surface area contributed by atoms with Gasteiger partial charge in [0.25, 0.3) is 0 Å². The first-order valence-electron chi connectivity index (χ1n) is 7.30. The SMILES string of the molecule is CC1=C(c2nnco2)C(c2ccc(F)cc2Cl)N=C(c2nccs2)N1. The summed E-state index contributed by atoms with van der Waals surface area (Å²) < 4.78 is 18.8. The van der Waals surface area contributed by atoms with Crippen molar-refractivity contribution in [2.45, 2.75) is 13.0 Å². The number of halogens is 2. The summed E-state index contributed by atoms with van der Waals surface area (Å²) in [4.78, 5) is 9.02. The van der Waals surface area contributed by atoms with Crippen LogP contribution >= 0.6 is 22.9 Å². The summed E-state index contributed by atoms with van der Waals surface area (Å²) in [6.07, 6.45) is 2.95. The second-order valence-electron chi connectivity index (χ2n) is 5.29. The fourth-order valence-corrected chi connectivity index (χ4v) is 3.50. The smallest absolute Gasteiger partial charge is 0.247 e. The predicted octanol–water partition coefficient (Wildman–Crippen LogP) is 3.84. The first-order chi connectivity index (χ1) is 12.1. The molecule has 0 radical (unpaired) electrons. The molecule has 0 saturated carbocycles. The summed E-state index contributed by atoms with van der Waals surface area (Å²) >= 11 is 7.74. The molecule has 1 aromatic carbocycles. The molecule has 1 unspecified atom stereocenters. The summed E-state index contributed by atoms with van der Waals surface area (Å²) in [7, 11) is 0. The van der Waals surface area contributed by atoms with E-state index in [9.17, 15) is 4.39 Å². The predicted molar refractivity (Wildman–Crippen MR) is 92.8 cm³/mol. The molecule has 6 nitrogen and oxygen atoms in total. The molecule has 25 heavy (non-hydrogen) atoms. The van der Waals surface area contributed by atoms with Gasteiger partial charge in [0.05, 0.1) is 5.57 Å². The minimum atomic E-state index is -0.520. The number of aromatic nitrogens is 3. The van der Waals surface area contributed by atoms with E-state index in [1.54, 1.807) is 12.3 Å². The Hall–Kier alpha value is -2.58. The number of allylic oxidation sites excluding steroid dienone is 1. The Morgan fingerprint density at radius 1 is 1.36 bits per heavy atom. The third-order valence-electron chi connectivity index (χ3n) is 3.72. The Morgan fingerprint density at radius 3 is 2.92 bits per heavy atom. The molecular formula is C16H11ClFN5OS. The van der Waals surface area contributed by atoms with Gasteiger partial charge in [-0.3, -0.25) is 4.99 Å². The van der Waals surface area contributed by atoms with Crippen molar-refractivity contribution >= 4 is 34.3 Å². The van der Waals surface area contributed by atoms with Crippen LogP contribution in [0, 0.1) is 5.82 Å². The molecule has 0 bridgehead atoms. The summed E-state index contributed by atoms with van der Waals surface area (Å²) in [6, 6.07) is 3.70. The average molecular weight is 376 g/mol. The van der Waals surface area contributed by atoms with Crippen molar-refractivity contribution in [3.8, 4) is 0 Å². The highest BCUT2D eigenvalue weighted by molar-refractivity contribution is 7.11. The fraction of sp³-hybridized carbons (Fsp3) is 0.125.